The summed E-state index contributed by atoms with van der Waals surface area (Å²) < 4.78 is 32.9. The molecule has 16 heavy (non-hydrogen) atoms. The molecule has 0 unspecified atom stereocenters. The van der Waals surface area contributed by atoms with Gasteiger partial charge in [0.25, 0.3) is 0 Å². The number of methoxy groups -OCH3 is 1. The van der Waals surface area contributed by atoms with Crippen molar-refractivity contribution < 1.29 is 18.3 Å². The van der Waals surface area contributed by atoms with Gasteiger partial charge in [0.2, 0.25) is 0 Å². The number of hydrogen-bond acceptors (Lipinski definition) is 4. The van der Waals surface area contributed by atoms with Crippen molar-refractivity contribution in [2.75, 3.05) is 18.6 Å². The van der Waals surface area contributed by atoms with Crippen molar-refractivity contribution in [1.82, 2.24) is 0 Å². The Bertz CT molecular complexity index is 340. The number of nitrogen functional groups attached to an aromatic ring is 2. The number of halogens is 4. The normalized spacial score (nSPS) is 9.00. The van der Waals surface area contributed by atoms with Crippen LogP contribution in [0.2, 0.25) is 0 Å². The minimum Gasteiger partial charge on any atom is -0.493 e. The van der Waals surface area contributed by atoms with E-state index in [9.17, 15) is 8.78 Å². The highest BCUT2D eigenvalue weighted by Crippen LogP contribution is 2.38. The molecule has 0 amide bonds. The number of ether oxygens (including phenoxy) is 2. The number of benzene rings is 1. The van der Waals surface area contributed by atoms with Crippen LogP contribution in [-0.4, -0.2) is 13.7 Å². The molecule has 0 heterocycles. The largest absolute Gasteiger partial charge is 0.493 e. The van der Waals surface area contributed by atoms with E-state index < -0.39 is 6.61 Å². The molecule has 0 saturated heterocycles. The number of hydrogen-bond donors (Lipinski definition) is 2. The van der Waals surface area contributed by atoms with Crippen LogP contribution in [0.5, 0.6) is 11.5 Å². The van der Waals surface area contributed by atoms with Gasteiger partial charge in [-0.05, 0) is 12.1 Å². The minimum absolute atomic E-state index is 0. The second kappa shape index (κ2) is 7.19. The van der Waals surface area contributed by atoms with Crippen LogP contribution in [0.1, 0.15) is 0 Å². The first kappa shape index (κ1) is 17.3. The molecule has 1 aromatic carbocycles. The molecular formula is C8H12Cl2F2N2O2. The molecular weight excluding hydrogens is 265 g/mol. The summed E-state index contributed by atoms with van der Waals surface area (Å²) in [6, 6.07) is 2.86. The van der Waals surface area contributed by atoms with Crippen LogP contribution >= 0.6 is 24.8 Å². The van der Waals surface area contributed by atoms with E-state index >= 15 is 0 Å². The second-order valence-electron chi connectivity index (χ2n) is 2.48. The Morgan fingerprint density at radius 3 is 2.19 bits per heavy atom. The fraction of sp³-hybridized carbons (Fsp3) is 0.250. The van der Waals surface area contributed by atoms with E-state index in [1.165, 1.54) is 19.2 Å². The number of alkyl halides is 2. The van der Waals surface area contributed by atoms with Crippen molar-refractivity contribution in [1.29, 1.82) is 0 Å². The molecule has 0 saturated carbocycles. The van der Waals surface area contributed by atoms with Gasteiger partial charge in [0.05, 0.1) is 12.8 Å². The Kier molecular flexibility index (Phi) is 7.75. The average Bonchev–Trinajstić information content (AvgIpc) is 2.13. The lowest BCUT2D eigenvalue weighted by molar-refractivity contribution is -0.0506. The van der Waals surface area contributed by atoms with Gasteiger partial charge in [-0.1, -0.05) is 0 Å². The molecule has 0 fully saturated rings. The maximum atomic E-state index is 12.0. The molecule has 0 atom stereocenters. The highest BCUT2D eigenvalue weighted by molar-refractivity contribution is 5.85. The first-order valence-corrected chi connectivity index (χ1v) is 3.73. The van der Waals surface area contributed by atoms with E-state index in [4.69, 9.17) is 16.2 Å². The summed E-state index contributed by atoms with van der Waals surface area (Å²) in [5.41, 5.74) is 11.0. The van der Waals surface area contributed by atoms with Crippen LogP contribution in [0.15, 0.2) is 12.1 Å². The van der Waals surface area contributed by atoms with E-state index in [2.05, 4.69) is 4.74 Å². The Labute approximate surface area is 104 Å². The van der Waals surface area contributed by atoms with Gasteiger partial charge >= 0.3 is 6.61 Å². The third kappa shape index (κ3) is 3.79. The Morgan fingerprint density at radius 2 is 1.75 bits per heavy atom. The van der Waals surface area contributed by atoms with Gasteiger partial charge in [-0.15, -0.1) is 24.8 Å². The third-order valence-electron chi connectivity index (χ3n) is 1.62. The molecule has 0 aromatic heterocycles. The predicted molar refractivity (Wildman–Crippen MR) is 62.9 cm³/mol. The molecule has 1 aromatic rings. The van der Waals surface area contributed by atoms with Gasteiger partial charge in [-0.25, -0.2) is 0 Å². The standard InChI is InChI=1S/C8H10F2N2O2.2ClH/c1-13-5-3-2-4(11)6(12)7(5)14-8(9)10;;/h2-3,8H,11-12H2,1H3;2*1H. The van der Waals surface area contributed by atoms with Crippen LogP contribution in [-0.2, 0) is 0 Å². The molecule has 0 aliphatic rings. The Morgan fingerprint density at radius 1 is 1.19 bits per heavy atom. The average molecular weight is 277 g/mol. The lowest BCUT2D eigenvalue weighted by Gasteiger charge is -2.13. The SMILES string of the molecule is COc1ccc(N)c(N)c1OC(F)F.Cl.Cl. The quantitative estimate of drug-likeness (QED) is 0.832. The fourth-order valence-corrected chi connectivity index (χ4v) is 0.966. The molecule has 0 spiro atoms. The summed E-state index contributed by atoms with van der Waals surface area (Å²) in [5.74, 6) is -0.112. The fourth-order valence-electron chi connectivity index (χ4n) is 0.966. The second-order valence-corrected chi connectivity index (χ2v) is 2.48. The smallest absolute Gasteiger partial charge is 0.387 e. The summed E-state index contributed by atoms with van der Waals surface area (Å²) in [5, 5.41) is 0. The van der Waals surface area contributed by atoms with E-state index in [1.807, 2.05) is 0 Å². The molecule has 8 heteroatoms. The summed E-state index contributed by atoms with van der Waals surface area (Å²) >= 11 is 0. The van der Waals surface area contributed by atoms with E-state index in [1.54, 1.807) is 0 Å². The van der Waals surface area contributed by atoms with Crippen molar-refractivity contribution in [3.63, 3.8) is 0 Å². The summed E-state index contributed by atoms with van der Waals surface area (Å²) in [6.45, 7) is -2.96. The highest BCUT2D eigenvalue weighted by Gasteiger charge is 2.15. The molecule has 0 aliphatic heterocycles. The molecule has 0 radical (unpaired) electrons. The topological polar surface area (TPSA) is 70.5 Å². The van der Waals surface area contributed by atoms with Crippen molar-refractivity contribution in [2.45, 2.75) is 6.61 Å². The van der Waals surface area contributed by atoms with Gasteiger partial charge in [-0.3, -0.25) is 0 Å². The maximum Gasteiger partial charge on any atom is 0.387 e. The van der Waals surface area contributed by atoms with Crippen LogP contribution in [0.4, 0.5) is 20.2 Å². The van der Waals surface area contributed by atoms with E-state index in [0.717, 1.165) is 0 Å². The molecule has 0 aliphatic carbocycles. The van der Waals surface area contributed by atoms with Crippen molar-refractivity contribution in [3.8, 4) is 11.5 Å². The Hall–Kier alpha value is -1.14. The van der Waals surface area contributed by atoms with Crippen LogP contribution in [0, 0.1) is 0 Å². The monoisotopic (exact) mass is 276 g/mol. The zero-order chi connectivity index (χ0) is 10.7. The molecule has 0 bridgehead atoms. The van der Waals surface area contributed by atoms with Crippen molar-refractivity contribution in [2.24, 2.45) is 0 Å². The lowest BCUT2D eigenvalue weighted by Crippen LogP contribution is -2.07. The maximum absolute atomic E-state index is 12.0. The number of nitrogens with two attached hydrogens (primary N) is 2. The van der Waals surface area contributed by atoms with Gasteiger partial charge in [0.1, 0.15) is 5.69 Å². The summed E-state index contributed by atoms with van der Waals surface area (Å²) in [6.07, 6.45) is 0. The molecule has 1 rings (SSSR count). The summed E-state index contributed by atoms with van der Waals surface area (Å²) in [7, 11) is 1.32. The predicted octanol–water partition coefficient (Wildman–Crippen LogP) is 2.30. The third-order valence-corrected chi connectivity index (χ3v) is 1.62. The molecule has 4 nitrogen and oxygen atoms in total. The van der Waals surface area contributed by atoms with Crippen molar-refractivity contribution >= 4 is 36.2 Å². The van der Waals surface area contributed by atoms with Gasteiger partial charge in [0.15, 0.2) is 11.5 Å². The first-order valence-electron chi connectivity index (χ1n) is 3.73. The Balaban J connectivity index is 0. The van der Waals surface area contributed by atoms with Crippen LogP contribution < -0.4 is 20.9 Å². The van der Waals surface area contributed by atoms with Crippen molar-refractivity contribution in [3.05, 3.63) is 12.1 Å². The minimum atomic E-state index is -2.96. The number of rotatable bonds is 3. The molecule has 94 valence electrons. The molecule has 4 N–H and O–H groups in total. The van der Waals surface area contributed by atoms with Gasteiger partial charge < -0.3 is 20.9 Å². The van der Waals surface area contributed by atoms with Crippen LogP contribution in [0.25, 0.3) is 0 Å². The van der Waals surface area contributed by atoms with Crippen LogP contribution in [0.3, 0.4) is 0 Å². The highest BCUT2D eigenvalue weighted by atomic mass is 35.5. The summed E-state index contributed by atoms with van der Waals surface area (Å²) in [4.78, 5) is 0. The van der Waals surface area contributed by atoms with E-state index in [0.29, 0.717) is 0 Å². The first-order chi connectivity index (χ1) is 6.56. The van der Waals surface area contributed by atoms with Gasteiger partial charge in [-0.2, -0.15) is 8.78 Å². The van der Waals surface area contributed by atoms with E-state index in [-0.39, 0.29) is 47.7 Å². The lowest BCUT2D eigenvalue weighted by atomic mass is 10.2. The number of anilines is 2. The van der Waals surface area contributed by atoms with Gasteiger partial charge in [0, 0.05) is 0 Å². The zero-order valence-electron chi connectivity index (χ0n) is 8.28. The zero-order valence-corrected chi connectivity index (χ0v) is 9.91.